The molecule has 0 unspecified atom stereocenters. The van der Waals surface area contributed by atoms with Crippen molar-refractivity contribution < 1.29 is 28.2 Å². The number of ether oxygens (including phenoxy) is 1. The van der Waals surface area contributed by atoms with Crippen LogP contribution in [0.25, 0.3) is 0 Å². The van der Waals surface area contributed by atoms with E-state index in [0.29, 0.717) is 11.4 Å². The molecule has 0 atom stereocenters. The van der Waals surface area contributed by atoms with Gasteiger partial charge in [-0.05, 0) is 37.1 Å². The van der Waals surface area contributed by atoms with Crippen LogP contribution in [-0.2, 0) is 9.59 Å². The number of carbonyl (C=O) groups excluding carboxylic acids is 1. The number of carboxylic acid groups (broad SMARTS) is 1. The summed E-state index contributed by atoms with van der Waals surface area (Å²) in [6, 6.07) is 6.22. The fourth-order valence-electron chi connectivity index (χ4n) is 2.33. The Hall–Kier alpha value is -2.18. The fourth-order valence-corrected chi connectivity index (χ4v) is 2.33. The van der Waals surface area contributed by atoms with E-state index in [9.17, 15) is 18.4 Å². The van der Waals surface area contributed by atoms with Crippen LogP contribution in [0.5, 0.6) is 5.75 Å². The average Bonchev–Trinajstić information content (AvgIpc) is 2.46. The van der Waals surface area contributed by atoms with Crippen molar-refractivity contribution in [1.29, 1.82) is 0 Å². The lowest BCUT2D eigenvalue weighted by Crippen LogP contribution is -2.31. The molecule has 1 aromatic carbocycles. The lowest BCUT2D eigenvalue weighted by atomic mass is 9.86. The number of rotatable bonds is 5. The number of aliphatic carboxylic acids is 1. The van der Waals surface area contributed by atoms with Gasteiger partial charge in [0.25, 0.3) is 0 Å². The van der Waals surface area contributed by atoms with Crippen LogP contribution in [0, 0.1) is 5.92 Å². The zero-order valence-electron chi connectivity index (χ0n) is 11.9. The summed E-state index contributed by atoms with van der Waals surface area (Å²) in [7, 11) is 0. The third-order valence-corrected chi connectivity index (χ3v) is 3.57. The second-order valence-electron chi connectivity index (χ2n) is 5.33. The minimum absolute atomic E-state index is 0.179. The van der Waals surface area contributed by atoms with Gasteiger partial charge in [0.1, 0.15) is 5.75 Å². The lowest BCUT2D eigenvalue weighted by Gasteiger charge is -2.27. The number of hydrogen-bond donors (Lipinski definition) is 2. The molecule has 2 rings (SSSR count). The molecule has 22 heavy (non-hydrogen) atoms. The Balaban J connectivity index is 1.85. The van der Waals surface area contributed by atoms with Crippen LogP contribution in [0.15, 0.2) is 24.3 Å². The molecule has 7 heteroatoms. The van der Waals surface area contributed by atoms with Crippen molar-refractivity contribution in [3.63, 3.8) is 0 Å². The molecule has 0 saturated heterocycles. The van der Waals surface area contributed by atoms with Crippen molar-refractivity contribution >= 4 is 17.6 Å². The molecule has 1 fully saturated rings. The maximum Gasteiger partial charge on any atom is 0.341 e. The fraction of sp³-hybridized carbons (Fsp3) is 0.467. The number of benzene rings is 1. The number of hydrogen-bond acceptors (Lipinski definition) is 3. The van der Waals surface area contributed by atoms with Crippen molar-refractivity contribution in [3.05, 3.63) is 24.3 Å². The summed E-state index contributed by atoms with van der Waals surface area (Å²) < 4.78 is 31.1. The molecule has 1 aromatic rings. The van der Waals surface area contributed by atoms with Crippen molar-refractivity contribution in [1.82, 2.24) is 0 Å². The van der Waals surface area contributed by atoms with E-state index < -0.39 is 24.4 Å². The quantitative estimate of drug-likeness (QED) is 0.876. The standard InChI is InChI=1S/C15H17F2NO4/c16-15(17)7-5-10(6-8-15)14(21)18-11-1-3-12(4-2-11)22-9-13(19)20/h1-4,10H,5-9H2,(H,18,21)(H,19,20). The summed E-state index contributed by atoms with van der Waals surface area (Å²) >= 11 is 0. The second kappa shape index (κ2) is 6.72. The van der Waals surface area contributed by atoms with E-state index >= 15 is 0 Å². The van der Waals surface area contributed by atoms with E-state index in [0.717, 1.165) is 0 Å². The van der Waals surface area contributed by atoms with Gasteiger partial charge in [-0.1, -0.05) is 0 Å². The molecule has 120 valence electrons. The van der Waals surface area contributed by atoms with Gasteiger partial charge in [0.05, 0.1) is 0 Å². The van der Waals surface area contributed by atoms with E-state index in [2.05, 4.69) is 5.32 Å². The highest BCUT2D eigenvalue weighted by Gasteiger charge is 2.37. The highest BCUT2D eigenvalue weighted by molar-refractivity contribution is 5.92. The Morgan fingerprint density at radius 2 is 1.82 bits per heavy atom. The maximum absolute atomic E-state index is 13.1. The minimum atomic E-state index is -2.65. The molecule has 0 bridgehead atoms. The van der Waals surface area contributed by atoms with Crippen molar-refractivity contribution in [2.24, 2.45) is 5.92 Å². The molecule has 1 saturated carbocycles. The van der Waals surface area contributed by atoms with Gasteiger partial charge in [-0.2, -0.15) is 0 Å². The van der Waals surface area contributed by atoms with E-state index in [1.807, 2.05) is 0 Å². The predicted molar refractivity (Wildman–Crippen MR) is 75.1 cm³/mol. The van der Waals surface area contributed by atoms with Crippen LogP contribution >= 0.6 is 0 Å². The predicted octanol–water partition coefficient (Wildman–Crippen LogP) is 2.91. The van der Waals surface area contributed by atoms with Gasteiger partial charge in [-0.15, -0.1) is 0 Å². The van der Waals surface area contributed by atoms with Gasteiger partial charge < -0.3 is 15.2 Å². The molecule has 0 spiro atoms. The van der Waals surface area contributed by atoms with Crippen LogP contribution in [0.4, 0.5) is 14.5 Å². The molecule has 0 aliphatic heterocycles. The number of nitrogens with one attached hydrogen (secondary N) is 1. The van der Waals surface area contributed by atoms with Crippen molar-refractivity contribution in [2.45, 2.75) is 31.6 Å². The van der Waals surface area contributed by atoms with Gasteiger partial charge >= 0.3 is 5.97 Å². The third kappa shape index (κ3) is 4.68. The topological polar surface area (TPSA) is 75.6 Å². The molecule has 1 aliphatic carbocycles. The summed E-state index contributed by atoms with van der Waals surface area (Å²) in [4.78, 5) is 22.4. The molecular weight excluding hydrogens is 296 g/mol. The first-order valence-electron chi connectivity index (χ1n) is 6.99. The van der Waals surface area contributed by atoms with Gasteiger partial charge in [0.15, 0.2) is 6.61 Å². The van der Waals surface area contributed by atoms with E-state index in [-0.39, 0.29) is 31.6 Å². The van der Waals surface area contributed by atoms with Crippen LogP contribution in [0.1, 0.15) is 25.7 Å². The largest absolute Gasteiger partial charge is 0.482 e. The first kappa shape index (κ1) is 16.2. The zero-order valence-corrected chi connectivity index (χ0v) is 11.9. The number of carboxylic acids is 1. The highest BCUT2D eigenvalue weighted by Crippen LogP contribution is 2.36. The molecule has 0 heterocycles. The number of carbonyl (C=O) groups is 2. The highest BCUT2D eigenvalue weighted by atomic mass is 19.3. The van der Waals surface area contributed by atoms with Crippen molar-refractivity contribution in [3.8, 4) is 5.75 Å². The Kier molecular flexibility index (Phi) is 4.95. The summed E-state index contributed by atoms with van der Waals surface area (Å²) in [6.07, 6.45) is -0.155. The van der Waals surface area contributed by atoms with Crippen LogP contribution in [0.2, 0.25) is 0 Å². The summed E-state index contributed by atoms with van der Waals surface area (Å²) in [5.74, 6) is -4.03. The minimum Gasteiger partial charge on any atom is -0.482 e. The normalized spacial score (nSPS) is 17.7. The average molecular weight is 313 g/mol. The van der Waals surface area contributed by atoms with Gasteiger partial charge in [0, 0.05) is 24.4 Å². The van der Waals surface area contributed by atoms with E-state index in [1.165, 1.54) is 12.1 Å². The summed E-state index contributed by atoms with van der Waals surface area (Å²) in [6.45, 7) is -0.442. The van der Waals surface area contributed by atoms with Crippen LogP contribution in [0.3, 0.4) is 0 Å². The molecule has 1 amide bonds. The molecule has 5 nitrogen and oxygen atoms in total. The number of anilines is 1. The van der Waals surface area contributed by atoms with Gasteiger partial charge in [-0.25, -0.2) is 13.6 Å². The molecule has 2 N–H and O–H groups in total. The molecule has 0 aromatic heterocycles. The molecule has 1 aliphatic rings. The van der Waals surface area contributed by atoms with Gasteiger partial charge in [-0.3, -0.25) is 4.79 Å². The third-order valence-electron chi connectivity index (χ3n) is 3.57. The number of alkyl halides is 2. The smallest absolute Gasteiger partial charge is 0.341 e. The zero-order chi connectivity index (χ0) is 16.2. The van der Waals surface area contributed by atoms with E-state index in [4.69, 9.17) is 9.84 Å². The summed E-state index contributed by atoms with van der Waals surface area (Å²) in [5.41, 5.74) is 0.519. The number of amides is 1. The van der Waals surface area contributed by atoms with Crippen molar-refractivity contribution in [2.75, 3.05) is 11.9 Å². The van der Waals surface area contributed by atoms with E-state index in [1.54, 1.807) is 12.1 Å². The first-order chi connectivity index (χ1) is 10.4. The Morgan fingerprint density at radius 1 is 1.23 bits per heavy atom. The lowest BCUT2D eigenvalue weighted by molar-refractivity contribution is -0.139. The Morgan fingerprint density at radius 3 is 2.36 bits per heavy atom. The first-order valence-corrected chi connectivity index (χ1v) is 6.99. The monoisotopic (exact) mass is 313 g/mol. The van der Waals surface area contributed by atoms with Gasteiger partial charge in [0.2, 0.25) is 11.8 Å². The molecule has 0 radical (unpaired) electrons. The Bertz CT molecular complexity index is 535. The maximum atomic E-state index is 13.1. The summed E-state index contributed by atoms with van der Waals surface area (Å²) in [5, 5.41) is 11.2. The Labute approximate surface area is 126 Å². The molecular formula is C15H17F2NO4. The second-order valence-corrected chi connectivity index (χ2v) is 5.33. The number of halogens is 2. The van der Waals surface area contributed by atoms with Crippen LogP contribution < -0.4 is 10.1 Å². The SMILES string of the molecule is O=C(O)COc1ccc(NC(=O)C2CCC(F)(F)CC2)cc1. The van der Waals surface area contributed by atoms with Crippen LogP contribution in [-0.4, -0.2) is 29.5 Å².